The van der Waals surface area contributed by atoms with Crippen molar-refractivity contribution in [1.82, 2.24) is 9.97 Å². The molecule has 1 aliphatic carbocycles. The van der Waals surface area contributed by atoms with Crippen LogP contribution in [0.15, 0.2) is 24.4 Å². The van der Waals surface area contributed by atoms with Crippen LogP contribution in [0.4, 0.5) is 0 Å². The van der Waals surface area contributed by atoms with Gasteiger partial charge in [0.15, 0.2) is 0 Å². The molecule has 2 aromatic heterocycles. The molecular formula is C14H10ClN3. The van der Waals surface area contributed by atoms with Crippen LogP contribution in [0, 0.1) is 11.3 Å². The zero-order valence-corrected chi connectivity index (χ0v) is 10.4. The first-order valence-electron chi connectivity index (χ1n) is 5.84. The number of nitriles is 1. The van der Waals surface area contributed by atoms with Crippen LogP contribution in [-0.4, -0.2) is 9.97 Å². The van der Waals surface area contributed by atoms with Gasteiger partial charge >= 0.3 is 0 Å². The first-order valence-corrected chi connectivity index (χ1v) is 6.22. The Morgan fingerprint density at radius 3 is 2.78 bits per heavy atom. The molecule has 4 heteroatoms. The molecule has 18 heavy (non-hydrogen) atoms. The van der Waals surface area contributed by atoms with Gasteiger partial charge in [-0.2, -0.15) is 5.26 Å². The van der Waals surface area contributed by atoms with Gasteiger partial charge in [-0.15, -0.1) is 0 Å². The summed E-state index contributed by atoms with van der Waals surface area (Å²) in [6, 6.07) is 7.88. The van der Waals surface area contributed by atoms with Gasteiger partial charge in [0.1, 0.15) is 11.2 Å². The number of fused-ring (bicyclic) bond motifs is 1. The van der Waals surface area contributed by atoms with E-state index >= 15 is 0 Å². The fraction of sp³-hybridized carbons (Fsp3) is 0.214. The quantitative estimate of drug-likeness (QED) is 0.736. The Balaban J connectivity index is 2.28. The zero-order valence-electron chi connectivity index (χ0n) is 9.65. The molecule has 0 unspecified atom stereocenters. The Morgan fingerprint density at radius 2 is 2.06 bits per heavy atom. The molecule has 2 heterocycles. The second-order valence-electron chi connectivity index (χ2n) is 4.26. The van der Waals surface area contributed by atoms with Gasteiger partial charge in [-0.3, -0.25) is 4.98 Å². The molecule has 0 bridgehead atoms. The standard InChI is InChI=1S/C14H10ClN3/c15-14-11(8-16)9-4-3-5-10(9)13(18-14)12-6-1-2-7-17-12/h1-2,6-7H,3-5H2. The van der Waals surface area contributed by atoms with Crippen molar-refractivity contribution in [1.29, 1.82) is 5.26 Å². The van der Waals surface area contributed by atoms with Crippen molar-refractivity contribution in [2.75, 3.05) is 0 Å². The number of aromatic nitrogens is 2. The minimum Gasteiger partial charge on any atom is -0.255 e. The molecule has 0 spiro atoms. The number of hydrogen-bond donors (Lipinski definition) is 0. The molecule has 3 nitrogen and oxygen atoms in total. The maximum absolute atomic E-state index is 9.15. The van der Waals surface area contributed by atoms with E-state index in [2.05, 4.69) is 16.0 Å². The molecule has 2 aromatic rings. The van der Waals surface area contributed by atoms with E-state index in [0.717, 1.165) is 41.8 Å². The van der Waals surface area contributed by atoms with E-state index in [1.54, 1.807) is 6.20 Å². The summed E-state index contributed by atoms with van der Waals surface area (Å²) < 4.78 is 0. The summed E-state index contributed by atoms with van der Waals surface area (Å²) in [6.07, 6.45) is 4.64. The smallest absolute Gasteiger partial charge is 0.147 e. The third-order valence-electron chi connectivity index (χ3n) is 3.24. The highest BCUT2D eigenvalue weighted by molar-refractivity contribution is 6.30. The lowest BCUT2D eigenvalue weighted by Gasteiger charge is -2.09. The lowest BCUT2D eigenvalue weighted by Crippen LogP contribution is -1.99. The highest BCUT2D eigenvalue weighted by Gasteiger charge is 2.23. The Morgan fingerprint density at radius 1 is 1.22 bits per heavy atom. The minimum absolute atomic E-state index is 0.291. The lowest BCUT2D eigenvalue weighted by atomic mass is 10.0. The van der Waals surface area contributed by atoms with Crippen molar-refractivity contribution in [3.8, 4) is 17.5 Å². The predicted molar refractivity (Wildman–Crippen MR) is 69.2 cm³/mol. The highest BCUT2D eigenvalue weighted by Crippen LogP contribution is 2.34. The second-order valence-corrected chi connectivity index (χ2v) is 4.62. The van der Waals surface area contributed by atoms with Crippen LogP contribution in [0.25, 0.3) is 11.4 Å². The van der Waals surface area contributed by atoms with Crippen LogP contribution in [0.2, 0.25) is 5.15 Å². The normalized spacial score (nSPS) is 13.1. The molecule has 3 rings (SSSR count). The number of pyridine rings is 2. The summed E-state index contributed by atoms with van der Waals surface area (Å²) in [6.45, 7) is 0. The van der Waals surface area contributed by atoms with Gasteiger partial charge in [-0.1, -0.05) is 17.7 Å². The molecule has 0 saturated carbocycles. The molecule has 0 atom stereocenters. The maximum Gasteiger partial charge on any atom is 0.147 e. The van der Waals surface area contributed by atoms with Crippen molar-refractivity contribution in [3.63, 3.8) is 0 Å². The van der Waals surface area contributed by atoms with Crippen molar-refractivity contribution in [2.45, 2.75) is 19.3 Å². The maximum atomic E-state index is 9.15. The van der Waals surface area contributed by atoms with E-state index in [-0.39, 0.29) is 0 Å². The molecule has 0 saturated heterocycles. The largest absolute Gasteiger partial charge is 0.255 e. The Labute approximate surface area is 110 Å². The monoisotopic (exact) mass is 255 g/mol. The molecule has 1 aliphatic rings. The van der Waals surface area contributed by atoms with E-state index in [1.807, 2.05) is 18.2 Å². The van der Waals surface area contributed by atoms with Crippen LogP contribution >= 0.6 is 11.6 Å². The van der Waals surface area contributed by atoms with E-state index in [9.17, 15) is 0 Å². The Kier molecular flexibility index (Phi) is 2.73. The number of nitrogens with zero attached hydrogens (tertiary/aromatic N) is 3. The number of halogens is 1. The van der Waals surface area contributed by atoms with Crippen LogP contribution < -0.4 is 0 Å². The van der Waals surface area contributed by atoms with Crippen molar-refractivity contribution in [2.24, 2.45) is 0 Å². The summed E-state index contributed by atoms with van der Waals surface area (Å²) >= 11 is 6.10. The fourth-order valence-electron chi connectivity index (χ4n) is 2.46. The molecule has 0 fully saturated rings. The fourth-order valence-corrected chi connectivity index (χ4v) is 2.70. The summed E-state index contributed by atoms with van der Waals surface area (Å²) in [5.74, 6) is 0. The van der Waals surface area contributed by atoms with E-state index in [0.29, 0.717) is 10.7 Å². The third kappa shape index (κ3) is 1.66. The van der Waals surface area contributed by atoms with Gasteiger partial charge < -0.3 is 0 Å². The van der Waals surface area contributed by atoms with Gasteiger partial charge in [0, 0.05) is 6.20 Å². The predicted octanol–water partition coefficient (Wildman–Crippen LogP) is 3.16. The lowest BCUT2D eigenvalue weighted by molar-refractivity contribution is 0.910. The van der Waals surface area contributed by atoms with Gasteiger partial charge in [0.25, 0.3) is 0 Å². The second kappa shape index (κ2) is 4.40. The average Bonchev–Trinajstić information content (AvgIpc) is 2.88. The minimum atomic E-state index is 0.291. The molecule has 88 valence electrons. The van der Waals surface area contributed by atoms with Crippen LogP contribution in [-0.2, 0) is 12.8 Å². The van der Waals surface area contributed by atoms with E-state index in [1.165, 1.54) is 0 Å². The summed E-state index contributed by atoms with van der Waals surface area (Å²) in [5.41, 5.74) is 4.37. The molecule has 0 aliphatic heterocycles. The van der Waals surface area contributed by atoms with Crippen molar-refractivity contribution < 1.29 is 0 Å². The van der Waals surface area contributed by atoms with Crippen LogP contribution in [0.1, 0.15) is 23.1 Å². The summed E-state index contributed by atoms with van der Waals surface area (Å²) in [5, 5.41) is 9.44. The van der Waals surface area contributed by atoms with Crippen LogP contribution in [0.5, 0.6) is 0 Å². The summed E-state index contributed by atoms with van der Waals surface area (Å²) in [4.78, 5) is 8.69. The van der Waals surface area contributed by atoms with Crippen LogP contribution in [0.3, 0.4) is 0 Å². The first-order chi connectivity index (χ1) is 8.81. The number of hydrogen-bond acceptors (Lipinski definition) is 3. The molecule has 0 amide bonds. The average molecular weight is 256 g/mol. The zero-order chi connectivity index (χ0) is 12.5. The molecular weight excluding hydrogens is 246 g/mol. The SMILES string of the molecule is N#Cc1c(Cl)nc(-c2ccccn2)c2c1CCC2. The first kappa shape index (κ1) is 11.2. The van der Waals surface area contributed by atoms with Gasteiger partial charge in [-0.25, -0.2) is 4.98 Å². The Hall–Kier alpha value is -1.92. The molecule has 0 radical (unpaired) electrons. The Bertz CT molecular complexity index is 644. The van der Waals surface area contributed by atoms with Crippen molar-refractivity contribution >= 4 is 11.6 Å². The molecule has 0 aromatic carbocycles. The topological polar surface area (TPSA) is 49.6 Å². The number of rotatable bonds is 1. The van der Waals surface area contributed by atoms with Gasteiger partial charge in [0.2, 0.25) is 0 Å². The highest BCUT2D eigenvalue weighted by atomic mass is 35.5. The molecule has 0 N–H and O–H groups in total. The van der Waals surface area contributed by atoms with Crippen molar-refractivity contribution in [3.05, 3.63) is 46.2 Å². The van der Waals surface area contributed by atoms with Gasteiger partial charge in [-0.05, 0) is 42.5 Å². The van der Waals surface area contributed by atoms with Gasteiger partial charge in [0.05, 0.1) is 17.0 Å². The third-order valence-corrected chi connectivity index (χ3v) is 3.51. The van der Waals surface area contributed by atoms with E-state index < -0.39 is 0 Å². The summed E-state index contributed by atoms with van der Waals surface area (Å²) in [7, 11) is 0. The van der Waals surface area contributed by atoms with E-state index in [4.69, 9.17) is 16.9 Å².